The first-order valence-electron chi connectivity index (χ1n) is 8.98. The van der Waals surface area contributed by atoms with Crippen molar-refractivity contribution in [3.63, 3.8) is 0 Å². The number of methoxy groups -OCH3 is 2. The van der Waals surface area contributed by atoms with Crippen molar-refractivity contribution in [1.29, 1.82) is 0 Å². The van der Waals surface area contributed by atoms with Crippen LogP contribution in [0.3, 0.4) is 0 Å². The van der Waals surface area contributed by atoms with Gasteiger partial charge in [-0.3, -0.25) is 14.4 Å². The molecule has 2 saturated heterocycles. The molecule has 8 heteroatoms. The van der Waals surface area contributed by atoms with Crippen molar-refractivity contribution in [3.05, 3.63) is 18.2 Å². The van der Waals surface area contributed by atoms with E-state index in [4.69, 9.17) is 9.47 Å². The molecule has 0 spiro atoms. The number of carboxylic acid groups (broad SMARTS) is 1. The van der Waals surface area contributed by atoms with E-state index in [-0.39, 0.29) is 31.3 Å². The molecule has 2 aliphatic rings. The van der Waals surface area contributed by atoms with Crippen molar-refractivity contribution in [2.75, 3.05) is 38.8 Å². The van der Waals surface area contributed by atoms with Crippen LogP contribution in [0.25, 0.3) is 0 Å². The monoisotopic (exact) mass is 376 g/mol. The van der Waals surface area contributed by atoms with E-state index in [2.05, 4.69) is 0 Å². The molecule has 2 fully saturated rings. The molecule has 2 atom stereocenters. The van der Waals surface area contributed by atoms with Crippen LogP contribution >= 0.6 is 0 Å². The number of hydrogen-bond acceptors (Lipinski definition) is 5. The van der Waals surface area contributed by atoms with E-state index < -0.39 is 17.8 Å². The van der Waals surface area contributed by atoms with E-state index in [1.54, 1.807) is 28.0 Å². The van der Waals surface area contributed by atoms with Crippen LogP contribution < -0.4 is 14.4 Å². The molecule has 2 aliphatic heterocycles. The standard InChI is InChI=1S/C19H24N2O6/c1-26-15-6-5-14(9-16(15)27-2)21-11-13(8-17(21)22)18(23)20-7-3-4-12(10-20)19(24)25/h5-6,9,12-13H,3-4,7-8,10-11H2,1-2H3,(H,24,25)/t12-,13-/m0/s1. The molecule has 0 saturated carbocycles. The summed E-state index contributed by atoms with van der Waals surface area (Å²) in [7, 11) is 3.06. The quantitative estimate of drug-likeness (QED) is 0.834. The lowest BCUT2D eigenvalue weighted by Gasteiger charge is -2.32. The number of carboxylic acids is 1. The Morgan fingerprint density at radius 2 is 1.85 bits per heavy atom. The largest absolute Gasteiger partial charge is 0.493 e. The highest BCUT2D eigenvalue weighted by Gasteiger charge is 2.39. The lowest BCUT2D eigenvalue weighted by atomic mass is 9.96. The highest BCUT2D eigenvalue weighted by atomic mass is 16.5. The molecule has 1 aromatic rings. The van der Waals surface area contributed by atoms with E-state index in [1.807, 2.05) is 0 Å². The summed E-state index contributed by atoms with van der Waals surface area (Å²) in [5.41, 5.74) is 0.648. The summed E-state index contributed by atoms with van der Waals surface area (Å²) in [6, 6.07) is 5.19. The Labute approximate surface area is 157 Å². The summed E-state index contributed by atoms with van der Waals surface area (Å²) in [6.45, 7) is 1.04. The van der Waals surface area contributed by atoms with Crippen molar-refractivity contribution in [3.8, 4) is 11.5 Å². The number of likely N-dealkylation sites (tertiary alicyclic amines) is 1. The van der Waals surface area contributed by atoms with Crippen LogP contribution in [0.4, 0.5) is 5.69 Å². The third kappa shape index (κ3) is 3.84. The molecule has 2 amide bonds. The number of benzene rings is 1. The second-order valence-corrected chi connectivity index (χ2v) is 6.91. The van der Waals surface area contributed by atoms with Gasteiger partial charge in [-0.2, -0.15) is 0 Å². The van der Waals surface area contributed by atoms with Gasteiger partial charge >= 0.3 is 5.97 Å². The van der Waals surface area contributed by atoms with Gasteiger partial charge in [-0.25, -0.2) is 0 Å². The van der Waals surface area contributed by atoms with Crippen LogP contribution in [-0.2, 0) is 14.4 Å². The summed E-state index contributed by atoms with van der Waals surface area (Å²) < 4.78 is 10.5. The second kappa shape index (κ2) is 7.85. The maximum absolute atomic E-state index is 12.8. The summed E-state index contributed by atoms with van der Waals surface area (Å²) in [5.74, 6) is -1.06. The van der Waals surface area contributed by atoms with Gasteiger partial charge in [0.15, 0.2) is 11.5 Å². The number of rotatable bonds is 5. The van der Waals surface area contributed by atoms with Crippen LogP contribution in [0.2, 0.25) is 0 Å². The van der Waals surface area contributed by atoms with Crippen molar-refractivity contribution in [2.24, 2.45) is 11.8 Å². The molecule has 2 heterocycles. The molecule has 1 aromatic carbocycles. The lowest BCUT2D eigenvalue weighted by molar-refractivity contribution is -0.146. The number of ether oxygens (including phenoxy) is 2. The normalized spacial score (nSPS) is 22.7. The molecule has 0 radical (unpaired) electrons. The maximum atomic E-state index is 12.8. The van der Waals surface area contributed by atoms with E-state index in [0.29, 0.717) is 36.6 Å². The number of carbonyl (C=O) groups excluding carboxylic acids is 2. The highest BCUT2D eigenvalue weighted by molar-refractivity contribution is 6.00. The SMILES string of the molecule is COc1ccc(N2C[C@@H](C(=O)N3CCC[C@H](C(=O)O)C3)CC2=O)cc1OC. The minimum atomic E-state index is -0.873. The Hall–Kier alpha value is -2.77. The zero-order valence-corrected chi connectivity index (χ0v) is 15.5. The third-order valence-corrected chi connectivity index (χ3v) is 5.24. The Balaban J connectivity index is 1.71. The number of aliphatic carboxylic acids is 1. The zero-order valence-electron chi connectivity index (χ0n) is 15.5. The average molecular weight is 376 g/mol. The molecule has 1 N–H and O–H groups in total. The van der Waals surface area contributed by atoms with Crippen LogP contribution in [0.15, 0.2) is 18.2 Å². The first kappa shape index (κ1) is 19.0. The predicted molar refractivity (Wildman–Crippen MR) is 96.9 cm³/mol. The first-order valence-corrected chi connectivity index (χ1v) is 8.98. The second-order valence-electron chi connectivity index (χ2n) is 6.91. The third-order valence-electron chi connectivity index (χ3n) is 5.24. The number of piperidine rings is 1. The highest BCUT2D eigenvalue weighted by Crippen LogP contribution is 2.34. The molecule has 27 heavy (non-hydrogen) atoms. The Bertz CT molecular complexity index is 750. The molecule has 146 valence electrons. The van der Waals surface area contributed by atoms with E-state index in [0.717, 1.165) is 0 Å². The molecular weight excluding hydrogens is 352 g/mol. The average Bonchev–Trinajstić information content (AvgIpc) is 3.08. The molecule has 0 bridgehead atoms. The minimum absolute atomic E-state index is 0.126. The summed E-state index contributed by atoms with van der Waals surface area (Å²) in [6.07, 6.45) is 1.38. The minimum Gasteiger partial charge on any atom is -0.493 e. The van der Waals surface area contributed by atoms with Crippen LogP contribution in [-0.4, -0.2) is 61.6 Å². The van der Waals surface area contributed by atoms with Gasteiger partial charge in [-0.15, -0.1) is 0 Å². The molecule has 3 rings (SSSR count). The topological polar surface area (TPSA) is 96.4 Å². The van der Waals surface area contributed by atoms with Crippen molar-refractivity contribution >= 4 is 23.5 Å². The van der Waals surface area contributed by atoms with Gasteiger partial charge < -0.3 is 24.4 Å². The van der Waals surface area contributed by atoms with Crippen LogP contribution in [0.1, 0.15) is 19.3 Å². The van der Waals surface area contributed by atoms with Gasteiger partial charge in [-0.05, 0) is 25.0 Å². The summed E-state index contributed by atoms with van der Waals surface area (Å²) in [4.78, 5) is 39.7. The first-order chi connectivity index (χ1) is 12.9. The van der Waals surface area contributed by atoms with Crippen molar-refractivity contribution < 1.29 is 29.0 Å². The Kier molecular flexibility index (Phi) is 5.53. The van der Waals surface area contributed by atoms with Crippen LogP contribution in [0, 0.1) is 11.8 Å². The predicted octanol–water partition coefficient (Wildman–Crippen LogP) is 1.38. The fraction of sp³-hybridized carbons (Fsp3) is 0.526. The van der Waals surface area contributed by atoms with Gasteiger partial charge in [0.2, 0.25) is 11.8 Å². The van der Waals surface area contributed by atoms with Gasteiger partial charge in [0.1, 0.15) is 0 Å². The molecule has 0 aromatic heterocycles. The summed E-state index contributed by atoms with van der Waals surface area (Å²) >= 11 is 0. The Morgan fingerprint density at radius 3 is 2.52 bits per heavy atom. The molecule has 8 nitrogen and oxygen atoms in total. The fourth-order valence-corrected chi connectivity index (χ4v) is 3.75. The van der Waals surface area contributed by atoms with E-state index in [9.17, 15) is 19.5 Å². The molecular formula is C19H24N2O6. The molecule has 0 aliphatic carbocycles. The van der Waals surface area contributed by atoms with Gasteiger partial charge in [-0.1, -0.05) is 0 Å². The number of nitrogens with zero attached hydrogens (tertiary/aromatic N) is 2. The van der Waals surface area contributed by atoms with Gasteiger partial charge in [0.05, 0.1) is 26.1 Å². The fourth-order valence-electron chi connectivity index (χ4n) is 3.75. The number of hydrogen-bond donors (Lipinski definition) is 1. The van der Waals surface area contributed by atoms with E-state index >= 15 is 0 Å². The van der Waals surface area contributed by atoms with Gasteiger partial charge in [0, 0.05) is 37.8 Å². The maximum Gasteiger partial charge on any atom is 0.308 e. The zero-order chi connectivity index (χ0) is 19.6. The van der Waals surface area contributed by atoms with Gasteiger partial charge in [0.25, 0.3) is 0 Å². The lowest BCUT2D eigenvalue weighted by Crippen LogP contribution is -2.45. The van der Waals surface area contributed by atoms with E-state index in [1.165, 1.54) is 14.2 Å². The summed E-state index contributed by atoms with van der Waals surface area (Å²) in [5, 5.41) is 9.21. The molecule has 0 unspecified atom stereocenters. The number of carbonyl (C=O) groups is 3. The number of anilines is 1. The van der Waals surface area contributed by atoms with Crippen molar-refractivity contribution in [1.82, 2.24) is 4.90 Å². The van der Waals surface area contributed by atoms with Crippen LogP contribution in [0.5, 0.6) is 11.5 Å². The smallest absolute Gasteiger partial charge is 0.308 e. The Morgan fingerprint density at radius 1 is 1.11 bits per heavy atom. The van der Waals surface area contributed by atoms with Crippen molar-refractivity contribution in [2.45, 2.75) is 19.3 Å². The number of amides is 2.